The molecule has 1 heterocycles. The summed E-state index contributed by atoms with van der Waals surface area (Å²) in [5.74, 6) is 0.713. The molecule has 16 heavy (non-hydrogen) atoms. The van der Waals surface area contributed by atoms with E-state index in [0.29, 0.717) is 10.9 Å². The number of rotatable bonds is 3. The summed E-state index contributed by atoms with van der Waals surface area (Å²) in [7, 11) is 0. The van der Waals surface area contributed by atoms with Crippen molar-refractivity contribution < 1.29 is 5.11 Å². The molecule has 0 unspecified atom stereocenters. The molecule has 2 aromatic rings. The molecule has 0 aliphatic carbocycles. The minimum Gasteiger partial charge on any atom is -0.508 e. The van der Waals surface area contributed by atoms with E-state index >= 15 is 0 Å². The van der Waals surface area contributed by atoms with Crippen molar-refractivity contribution in [3.8, 4) is 5.75 Å². The van der Waals surface area contributed by atoms with Crippen LogP contribution in [-0.4, -0.2) is 16.3 Å². The normalized spacial score (nSPS) is 10.8. The van der Waals surface area contributed by atoms with E-state index in [1.54, 1.807) is 35.9 Å². The van der Waals surface area contributed by atoms with Crippen LogP contribution in [0.3, 0.4) is 0 Å². The Hall–Kier alpha value is -2.08. The fraction of sp³-hybridized carbons (Fsp3) is 0. The molecule has 0 aliphatic heterocycles. The van der Waals surface area contributed by atoms with Crippen LogP contribution >= 0.6 is 11.3 Å². The lowest BCUT2D eigenvalue weighted by molar-refractivity contribution is 0.475. The number of nitrogens with one attached hydrogen (secondary N) is 1. The summed E-state index contributed by atoms with van der Waals surface area (Å²) in [5, 5.41) is 15.5. The van der Waals surface area contributed by atoms with Crippen LogP contribution in [-0.2, 0) is 0 Å². The van der Waals surface area contributed by atoms with Crippen molar-refractivity contribution in [2.45, 2.75) is 0 Å². The second-order valence-corrected chi connectivity index (χ2v) is 3.90. The molecular weight excluding hydrogens is 224 g/mol. The summed E-state index contributed by atoms with van der Waals surface area (Å²) >= 11 is 1.39. The number of phenols is 1. The van der Waals surface area contributed by atoms with Crippen LogP contribution in [0.2, 0.25) is 0 Å². The molecule has 0 saturated heterocycles. The van der Waals surface area contributed by atoms with Gasteiger partial charge in [0.2, 0.25) is 5.13 Å². The summed E-state index contributed by atoms with van der Waals surface area (Å²) in [6.07, 6.45) is 1.64. The molecule has 0 spiro atoms. The quantitative estimate of drug-likeness (QED) is 0.559. The predicted molar refractivity (Wildman–Crippen MR) is 65.8 cm³/mol. The maximum Gasteiger partial charge on any atom is 0.205 e. The Morgan fingerprint density at radius 3 is 2.75 bits per heavy atom. The van der Waals surface area contributed by atoms with E-state index in [0.717, 1.165) is 5.56 Å². The Kier molecular flexibility index (Phi) is 3.02. The van der Waals surface area contributed by atoms with Crippen LogP contribution in [0.15, 0.2) is 34.7 Å². The van der Waals surface area contributed by atoms with Crippen molar-refractivity contribution in [3.05, 3.63) is 35.2 Å². The Morgan fingerprint density at radius 2 is 2.12 bits per heavy atom. The number of anilines is 2. The zero-order valence-electron chi connectivity index (χ0n) is 8.29. The van der Waals surface area contributed by atoms with Crippen molar-refractivity contribution in [2.75, 3.05) is 11.2 Å². The second kappa shape index (κ2) is 4.63. The highest BCUT2D eigenvalue weighted by atomic mass is 32.1. The van der Waals surface area contributed by atoms with Crippen LogP contribution in [0.4, 0.5) is 10.9 Å². The summed E-state index contributed by atoms with van der Waals surface area (Å²) in [4.78, 5) is 3.99. The third-order valence-corrected chi connectivity index (χ3v) is 2.55. The number of phenolic OH excluding ortho intramolecular Hbond substituents is 1. The number of nitrogens with two attached hydrogens (primary N) is 1. The zero-order chi connectivity index (χ0) is 11.4. The lowest BCUT2D eigenvalue weighted by Gasteiger charge is -1.94. The minimum absolute atomic E-state index is 0.234. The topological polar surface area (TPSA) is 83.5 Å². The first kappa shape index (κ1) is 10.4. The number of hydrogen-bond acceptors (Lipinski definition) is 6. The molecule has 4 N–H and O–H groups in total. The van der Waals surface area contributed by atoms with Gasteiger partial charge in [-0.15, -0.1) is 11.3 Å². The van der Waals surface area contributed by atoms with Gasteiger partial charge in [-0.2, -0.15) is 5.10 Å². The lowest BCUT2D eigenvalue weighted by atomic mass is 10.2. The predicted octanol–water partition coefficient (Wildman–Crippen LogP) is 1.88. The van der Waals surface area contributed by atoms with E-state index in [1.165, 1.54) is 11.3 Å². The molecule has 6 heteroatoms. The van der Waals surface area contributed by atoms with Gasteiger partial charge in [0.05, 0.1) is 6.21 Å². The number of nitrogens with zero attached hydrogens (tertiary/aromatic N) is 2. The summed E-state index contributed by atoms with van der Waals surface area (Å²) in [6, 6.07) is 6.72. The van der Waals surface area contributed by atoms with Crippen LogP contribution in [0.1, 0.15) is 5.56 Å². The molecule has 1 aromatic carbocycles. The average molecular weight is 234 g/mol. The molecule has 0 bridgehead atoms. The molecule has 2 rings (SSSR count). The van der Waals surface area contributed by atoms with Gasteiger partial charge in [-0.1, -0.05) is 0 Å². The van der Waals surface area contributed by atoms with Gasteiger partial charge in [0.25, 0.3) is 0 Å². The number of thiazole rings is 1. The fourth-order valence-electron chi connectivity index (χ4n) is 1.06. The number of aromatic hydroxyl groups is 1. The lowest BCUT2D eigenvalue weighted by Crippen LogP contribution is -1.90. The third-order valence-electron chi connectivity index (χ3n) is 1.79. The van der Waals surface area contributed by atoms with E-state index in [4.69, 9.17) is 10.8 Å². The number of hydrazone groups is 1. The van der Waals surface area contributed by atoms with Crippen molar-refractivity contribution in [1.29, 1.82) is 0 Å². The Morgan fingerprint density at radius 1 is 1.38 bits per heavy atom. The van der Waals surface area contributed by atoms with Gasteiger partial charge in [0.15, 0.2) is 0 Å². The van der Waals surface area contributed by atoms with Crippen LogP contribution in [0.5, 0.6) is 5.75 Å². The molecule has 0 fully saturated rings. The Balaban J connectivity index is 1.97. The number of hydrogen-bond donors (Lipinski definition) is 3. The van der Waals surface area contributed by atoms with Crippen molar-refractivity contribution >= 4 is 28.5 Å². The summed E-state index contributed by atoms with van der Waals surface area (Å²) in [6.45, 7) is 0. The standard InChI is InChI=1S/C10H10N4OS/c11-9-6-16-10(13-9)14-12-5-7-1-3-8(15)4-2-7/h1-6,15H,11H2,(H,13,14). The van der Waals surface area contributed by atoms with Gasteiger partial charge in [0, 0.05) is 5.38 Å². The molecule has 0 aliphatic rings. The Labute approximate surface area is 96.3 Å². The molecule has 1 aromatic heterocycles. The third kappa shape index (κ3) is 2.71. The molecular formula is C10H10N4OS. The fourth-order valence-corrected chi connectivity index (χ4v) is 1.61. The first-order chi connectivity index (χ1) is 7.74. The molecule has 0 atom stereocenters. The molecule has 0 radical (unpaired) electrons. The largest absolute Gasteiger partial charge is 0.508 e. The maximum absolute atomic E-state index is 9.08. The zero-order valence-corrected chi connectivity index (χ0v) is 9.11. The monoisotopic (exact) mass is 234 g/mol. The van der Waals surface area contributed by atoms with Crippen molar-refractivity contribution in [2.24, 2.45) is 5.10 Å². The highest BCUT2D eigenvalue weighted by Crippen LogP contribution is 2.16. The van der Waals surface area contributed by atoms with E-state index in [2.05, 4.69) is 15.5 Å². The van der Waals surface area contributed by atoms with E-state index in [1.807, 2.05) is 0 Å². The molecule has 0 amide bonds. The first-order valence-electron chi connectivity index (χ1n) is 4.53. The van der Waals surface area contributed by atoms with Gasteiger partial charge in [0.1, 0.15) is 11.6 Å². The highest BCUT2D eigenvalue weighted by Gasteiger charge is 1.95. The van der Waals surface area contributed by atoms with Crippen LogP contribution in [0.25, 0.3) is 0 Å². The number of nitrogen functional groups attached to an aromatic ring is 1. The summed E-state index contributed by atoms with van der Waals surface area (Å²) < 4.78 is 0. The first-order valence-corrected chi connectivity index (χ1v) is 5.41. The van der Waals surface area contributed by atoms with Gasteiger partial charge < -0.3 is 10.8 Å². The van der Waals surface area contributed by atoms with Crippen LogP contribution < -0.4 is 11.2 Å². The molecule has 0 saturated carbocycles. The van der Waals surface area contributed by atoms with E-state index in [9.17, 15) is 0 Å². The van der Waals surface area contributed by atoms with Crippen LogP contribution in [0, 0.1) is 0 Å². The minimum atomic E-state index is 0.234. The van der Waals surface area contributed by atoms with E-state index < -0.39 is 0 Å². The van der Waals surface area contributed by atoms with Crippen molar-refractivity contribution in [3.63, 3.8) is 0 Å². The number of benzene rings is 1. The number of aromatic nitrogens is 1. The second-order valence-electron chi connectivity index (χ2n) is 3.04. The van der Waals surface area contributed by atoms with Gasteiger partial charge >= 0.3 is 0 Å². The van der Waals surface area contributed by atoms with Gasteiger partial charge in [-0.05, 0) is 29.8 Å². The highest BCUT2D eigenvalue weighted by molar-refractivity contribution is 7.14. The van der Waals surface area contributed by atoms with Gasteiger partial charge in [-0.25, -0.2) is 4.98 Å². The molecule has 82 valence electrons. The van der Waals surface area contributed by atoms with E-state index in [-0.39, 0.29) is 5.75 Å². The summed E-state index contributed by atoms with van der Waals surface area (Å²) in [5.41, 5.74) is 9.10. The maximum atomic E-state index is 9.08. The SMILES string of the molecule is Nc1csc(NN=Cc2ccc(O)cc2)n1. The smallest absolute Gasteiger partial charge is 0.205 e. The van der Waals surface area contributed by atoms with Gasteiger partial charge in [-0.3, -0.25) is 5.43 Å². The average Bonchev–Trinajstić information content (AvgIpc) is 2.67. The van der Waals surface area contributed by atoms with Crippen molar-refractivity contribution in [1.82, 2.24) is 4.98 Å². The Bertz CT molecular complexity index is 492. The molecule has 5 nitrogen and oxygen atoms in total.